The molecule has 0 aliphatic carbocycles. The summed E-state index contributed by atoms with van der Waals surface area (Å²) < 4.78 is 0. The van der Waals surface area contributed by atoms with Gasteiger partial charge in [-0.25, -0.2) is 0 Å². The van der Waals surface area contributed by atoms with Crippen molar-refractivity contribution in [3.05, 3.63) is 64.7 Å². The molecule has 0 radical (unpaired) electrons. The topological polar surface area (TPSA) is 66.6 Å². The summed E-state index contributed by atoms with van der Waals surface area (Å²) in [7, 11) is 0. The van der Waals surface area contributed by atoms with Crippen LogP contribution in [0.1, 0.15) is 63.5 Å². The lowest BCUT2D eigenvalue weighted by atomic mass is 10.0. The first-order valence-electron chi connectivity index (χ1n) is 12.5. The molecular formula is C28H38ClN3O2. The lowest BCUT2D eigenvalue weighted by Crippen LogP contribution is -2.45. The van der Waals surface area contributed by atoms with E-state index in [9.17, 15) is 9.59 Å². The minimum Gasteiger partial charge on any atom is -0.337 e. The minimum atomic E-state index is -0.641. The molecule has 0 aromatic heterocycles. The standard InChI is InChI=1S/C28H38ClN3O2/c1-21(2)17-27(33)32-16-9-5-3-4-8-15-31(20-23-12-6-7-14-26(23)32)28(34)25(30)19-22-11-10-13-24(29)18-22/h6-7,10-14,18,21,25H,3-5,8-9,15-17,19-20,30H2,1-2H3/t25-/m0/s1. The Balaban J connectivity index is 1.85. The van der Waals surface area contributed by atoms with Gasteiger partial charge in [0.05, 0.1) is 6.04 Å². The van der Waals surface area contributed by atoms with Gasteiger partial charge in [-0.3, -0.25) is 9.59 Å². The second kappa shape index (κ2) is 12.9. The van der Waals surface area contributed by atoms with Gasteiger partial charge in [0.25, 0.3) is 0 Å². The Kier molecular flexibility index (Phi) is 9.97. The Labute approximate surface area is 209 Å². The third kappa shape index (κ3) is 7.57. The van der Waals surface area contributed by atoms with Crippen molar-refractivity contribution in [1.29, 1.82) is 0 Å². The van der Waals surface area contributed by atoms with Crippen molar-refractivity contribution in [3.8, 4) is 0 Å². The van der Waals surface area contributed by atoms with Gasteiger partial charge in [-0.1, -0.05) is 75.0 Å². The van der Waals surface area contributed by atoms with E-state index in [1.807, 2.05) is 58.3 Å². The molecule has 2 aromatic carbocycles. The summed E-state index contributed by atoms with van der Waals surface area (Å²) in [5.74, 6) is 0.380. The zero-order valence-electron chi connectivity index (χ0n) is 20.5. The molecule has 0 bridgehead atoms. The molecule has 184 valence electrons. The largest absolute Gasteiger partial charge is 0.337 e. The number of nitrogens with two attached hydrogens (primary N) is 1. The highest BCUT2D eigenvalue weighted by Crippen LogP contribution is 2.26. The van der Waals surface area contributed by atoms with Crippen LogP contribution >= 0.6 is 11.6 Å². The number of hydrogen-bond acceptors (Lipinski definition) is 3. The molecule has 3 rings (SSSR count). The van der Waals surface area contributed by atoms with Gasteiger partial charge < -0.3 is 15.5 Å². The van der Waals surface area contributed by atoms with E-state index >= 15 is 0 Å². The fraction of sp³-hybridized carbons (Fsp3) is 0.500. The van der Waals surface area contributed by atoms with Gasteiger partial charge in [-0.05, 0) is 54.5 Å². The van der Waals surface area contributed by atoms with E-state index in [0.29, 0.717) is 43.4 Å². The molecule has 2 aromatic rings. The molecule has 1 atom stereocenters. The minimum absolute atomic E-state index is 0.0631. The number of hydrogen-bond donors (Lipinski definition) is 1. The first kappa shape index (κ1) is 26.2. The van der Waals surface area contributed by atoms with Gasteiger partial charge in [0.15, 0.2) is 0 Å². The third-order valence-corrected chi connectivity index (χ3v) is 6.55. The molecule has 1 aliphatic heterocycles. The Morgan fingerprint density at radius 3 is 2.41 bits per heavy atom. The summed E-state index contributed by atoms with van der Waals surface area (Å²) in [6, 6.07) is 14.8. The van der Waals surface area contributed by atoms with Crippen LogP contribution in [0.2, 0.25) is 5.02 Å². The Bertz CT molecular complexity index is 962. The summed E-state index contributed by atoms with van der Waals surface area (Å²) in [5.41, 5.74) is 9.25. The van der Waals surface area contributed by atoms with Crippen LogP contribution in [0.15, 0.2) is 48.5 Å². The van der Waals surface area contributed by atoms with Gasteiger partial charge in [0.2, 0.25) is 11.8 Å². The zero-order valence-corrected chi connectivity index (χ0v) is 21.3. The summed E-state index contributed by atoms with van der Waals surface area (Å²) in [6.07, 6.45) is 6.15. The maximum atomic E-state index is 13.5. The second-order valence-corrected chi connectivity index (χ2v) is 10.2. The normalized spacial score (nSPS) is 16.4. The van der Waals surface area contributed by atoms with Gasteiger partial charge in [0, 0.05) is 36.8 Å². The second-order valence-electron chi connectivity index (χ2n) is 9.74. The Morgan fingerprint density at radius 1 is 0.971 bits per heavy atom. The molecule has 1 aliphatic rings. The van der Waals surface area contributed by atoms with Crippen molar-refractivity contribution in [1.82, 2.24) is 4.90 Å². The molecule has 0 fully saturated rings. The average molecular weight is 484 g/mol. The number of anilines is 1. The monoisotopic (exact) mass is 483 g/mol. The van der Waals surface area contributed by atoms with E-state index in [4.69, 9.17) is 17.3 Å². The van der Waals surface area contributed by atoms with Gasteiger partial charge >= 0.3 is 0 Å². The molecule has 0 saturated heterocycles. The van der Waals surface area contributed by atoms with Crippen LogP contribution in [-0.4, -0.2) is 35.8 Å². The Morgan fingerprint density at radius 2 is 1.68 bits per heavy atom. The van der Waals surface area contributed by atoms with Crippen molar-refractivity contribution in [2.45, 2.75) is 71.4 Å². The van der Waals surface area contributed by atoms with E-state index in [1.54, 1.807) is 0 Å². The number of carbonyl (C=O) groups is 2. The average Bonchev–Trinajstić information content (AvgIpc) is 2.78. The van der Waals surface area contributed by atoms with Crippen LogP contribution in [0.4, 0.5) is 5.69 Å². The summed E-state index contributed by atoms with van der Waals surface area (Å²) >= 11 is 6.12. The number of nitrogens with zero attached hydrogens (tertiary/aromatic N) is 2. The maximum Gasteiger partial charge on any atom is 0.240 e. The highest BCUT2D eigenvalue weighted by molar-refractivity contribution is 6.30. The first-order valence-corrected chi connectivity index (χ1v) is 12.9. The molecule has 2 N–H and O–H groups in total. The predicted octanol–water partition coefficient (Wildman–Crippen LogP) is 5.58. The molecule has 0 saturated carbocycles. The molecule has 0 unspecified atom stereocenters. The van der Waals surface area contributed by atoms with Crippen LogP contribution in [0.25, 0.3) is 0 Å². The number of amides is 2. The number of carbonyl (C=O) groups excluding carboxylic acids is 2. The molecule has 34 heavy (non-hydrogen) atoms. The van der Waals surface area contributed by atoms with E-state index < -0.39 is 6.04 Å². The number of benzene rings is 2. The highest BCUT2D eigenvalue weighted by Gasteiger charge is 2.25. The van der Waals surface area contributed by atoms with E-state index in [0.717, 1.165) is 48.9 Å². The van der Waals surface area contributed by atoms with Crippen LogP contribution in [0.5, 0.6) is 0 Å². The van der Waals surface area contributed by atoms with Gasteiger partial charge in [0.1, 0.15) is 0 Å². The SMILES string of the molecule is CC(C)CC(=O)N1CCCCCCCN(C(=O)[C@@H](N)Cc2cccc(Cl)c2)Cc2ccccc21. The zero-order chi connectivity index (χ0) is 24.5. The van der Waals surface area contributed by atoms with E-state index in [-0.39, 0.29) is 11.8 Å². The molecule has 1 heterocycles. The number of rotatable bonds is 5. The number of halogens is 1. The first-order chi connectivity index (χ1) is 16.3. The van der Waals surface area contributed by atoms with Crippen molar-refractivity contribution in [2.24, 2.45) is 11.7 Å². The lowest BCUT2D eigenvalue weighted by molar-refractivity contribution is -0.133. The van der Waals surface area contributed by atoms with E-state index in [2.05, 4.69) is 13.8 Å². The molecular weight excluding hydrogens is 446 g/mol. The van der Waals surface area contributed by atoms with Crippen LogP contribution in [-0.2, 0) is 22.6 Å². The van der Waals surface area contributed by atoms with Crippen molar-refractivity contribution in [2.75, 3.05) is 18.0 Å². The maximum absolute atomic E-state index is 13.5. The summed E-state index contributed by atoms with van der Waals surface area (Å²) in [6.45, 7) is 5.97. The van der Waals surface area contributed by atoms with Crippen LogP contribution < -0.4 is 10.6 Å². The highest BCUT2D eigenvalue weighted by atomic mass is 35.5. The quantitative estimate of drug-likeness (QED) is 0.603. The molecule has 2 amide bonds. The van der Waals surface area contributed by atoms with E-state index in [1.165, 1.54) is 0 Å². The van der Waals surface area contributed by atoms with Crippen molar-refractivity contribution in [3.63, 3.8) is 0 Å². The Hall–Kier alpha value is -2.37. The summed E-state index contributed by atoms with van der Waals surface area (Å²) in [4.78, 5) is 30.4. The summed E-state index contributed by atoms with van der Waals surface area (Å²) in [5, 5.41) is 0.642. The smallest absolute Gasteiger partial charge is 0.240 e. The van der Waals surface area contributed by atoms with Crippen LogP contribution in [0.3, 0.4) is 0 Å². The molecule has 5 nitrogen and oxygen atoms in total. The fourth-order valence-electron chi connectivity index (χ4n) is 4.56. The molecule has 0 spiro atoms. The lowest BCUT2D eigenvalue weighted by Gasteiger charge is -2.31. The third-order valence-electron chi connectivity index (χ3n) is 6.31. The van der Waals surface area contributed by atoms with Crippen LogP contribution in [0, 0.1) is 5.92 Å². The molecule has 6 heteroatoms. The van der Waals surface area contributed by atoms with Gasteiger partial charge in [-0.2, -0.15) is 0 Å². The van der Waals surface area contributed by atoms with Crippen molar-refractivity contribution >= 4 is 29.1 Å². The number of fused-ring (bicyclic) bond motifs is 1. The van der Waals surface area contributed by atoms with Crippen molar-refractivity contribution < 1.29 is 9.59 Å². The number of para-hydroxylation sites is 1. The van der Waals surface area contributed by atoms with Gasteiger partial charge in [-0.15, -0.1) is 0 Å². The predicted molar refractivity (Wildman–Crippen MR) is 140 cm³/mol. The fourth-order valence-corrected chi connectivity index (χ4v) is 4.78.